The van der Waals surface area contributed by atoms with Gasteiger partial charge in [0.2, 0.25) is 15.0 Å². The van der Waals surface area contributed by atoms with E-state index in [0.717, 1.165) is 0 Å². The summed E-state index contributed by atoms with van der Waals surface area (Å²) in [6.45, 7) is 7.17. The molecule has 0 fully saturated rings. The van der Waals surface area contributed by atoms with Crippen molar-refractivity contribution < 1.29 is 8.42 Å². The third kappa shape index (κ3) is 2.66. The van der Waals surface area contributed by atoms with Gasteiger partial charge in [0.15, 0.2) is 0 Å². The van der Waals surface area contributed by atoms with Gasteiger partial charge in [-0.3, -0.25) is 0 Å². The quantitative estimate of drug-likeness (QED) is 0.582. The van der Waals surface area contributed by atoms with Gasteiger partial charge < -0.3 is 0 Å². The van der Waals surface area contributed by atoms with Crippen molar-refractivity contribution in [2.45, 2.75) is 30.7 Å². The van der Waals surface area contributed by atoms with Crippen LogP contribution in [0.15, 0.2) is 36.3 Å². The number of nitrogens with zero attached hydrogens (tertiary/aromatic N) is 2. The molecule has 0 aliphatic rings. The lowest BCUT2D eigenvalue weighted by Gasteiger charge is -2.17. The molecule has 0 amide bonds. The summed E-state index contributed by atoms with van der Waals surface area (Å²) in [7, 11) is -3.43. The van der Waals surface area contributed by atoms with E-state index < -0.39 is 15.1 Å². The molecule has 1 rings (SSSR count). The van der Waals surface area contributed by atoms with Crippen molar-refractivity contribution in [3.8, 4) is 0 Å². The van der Waals surface area contributed by atoms with Crippen molar-refractivity contribution in [1.82, 2.24) is 9.97 Å². The highest BCUT2D eigenvalue weighted by Gasteiger charge is 2.29. The zero-order valence-corrected chi connectivity index (χ0v) is 10.3. The van der Waals surface area contributed by atoms with Gasteiger partial charge in [0.05, 0.1) is 5.25 Å². The molecule has 1 aromatic heterocycles. The van der Waals surface area contributed by atoms with Crippen LogP contribution in [0.2, 0.25) is 0 Å². The van der Waals surface area contributed by atoms with Gasteiger partial charge in [0, 0.05) is 12.4 Å². The molecular weight excluding hydrogens is 224 g/mol. The lowest BCUT2D eigenvalue weighted by Crippen LogP contribution is -2.26. The van der Waals surface area contributed by atoms with Crippen LogP contribution in [0.4, 0.5) is 0 Å². The fourth-order valence-electron chi connectivity index (χ4n) is 1.36. The average Bonchev–Trinajstić information content (AvgIpc) is 2.29. The molecule has 0 spiro atoms. The van der Waals surface area contributed by atoms with Crippen LogP contribution in [0.25, 0.3) is 0 Å². The lowest BCUT2D eigenvalue weighted by molar-refractivity contribution is 0.519. The SMILES string of the molecule is C=CC[C@H](C)C(C)S(=O)(=O)c1ncccn1. The minimum atomic E-state index is -3.43. The zero-order chi connectivity index (χ0) is 12.2. The summed E-state index contributed by atoms with van der Waals surface area (Å²) < 4.78 is 24.2. The van der Waals surface area contributed by atoms with Gasteiger partial charge in [-0.05, 0) is 25.3 Å². The lowest BCUT2D eigenvalue weighted by atomic mass is 10.1. The Hall–Kier alpha value is -1.23. The first-order chi connectivity index (χ1) is 7.50. The van der Waals surface area contributed by atoms with Gasteiger partial charge in [-0.1, -0.05) is 13.0 Å². The molecule has 4 nitrogen and oxygen atoms in total. The van der Waals surface area contributed by atoms with E-state index in [1.807, 2.05) is 6.92 Å². The van der Waals surface area contributed by atoms with Crippen LogP contribution < -0.4 is 0 Å². The Morgan fingerprint density at radius 2 is 1.94 bits per heavy atom. The molecule has 5 heteroatoms. The zero-order valence-electron chi connectivity index (χ0n) is 9.50. The number of hydrogen-bond acceptors (Lipinski definition) is 4. The van der Waals surface area contributed by atoms with Crippen LogP contribution >= 0.6 is 0 Å². The predicted molar refractivity (Wildman–Crippen MR) is 62.7 cm³/mol. The predicted octanol–water partition coefficient (Wildman–Crippen LogP) is 1.85. The molecule has 0 N–H and O–H groups in total. The van der Waals surface area contributed by atoms with E-state index in [1.54, 1.807) is 19.1 Å². The minimum Gasteiger partial charge on any atom is -0.227 e. The van der Waals surface area contributed by atoms with Crippen LogP contribution in [0.5, 0.6) is 0 Å². The Bertz CT molecular complexity index is 442. The molecule has 0 bridgehead atoms. The molecule has 16 heavy (non-hydrogen) atoms. The number of hydrogen-bond donors (Lipinski definition) is 0. The van der Waals surface area contributed by atoms with Crippen LogP contribution in [0.3, 0.4) is 0 Å². The van der Waals surface area contributed by atoms with Gasteiger partial charge in [-0.2, -0.15) is 0 Å². The Labute approximate surface area is 96.4 Å². The third-order valence-electron chi connectivity index (χ3n) is 2.63. The van der Waals surface area contributed by atoms with E-state index in [2.05, 4.69) is 16.5 Å². The maximum atomic E-state index is 12.1. The molecule has 0 aliphatic carbocycles. The van der Waals surface area contributed by atoms with Gasteiger partial charge in [-0.25, -0.2) is 18.4 Å². The molecule has 0 aliphatic heterocycles. The van der Waals surface area contributed by atoms with Crippen LogP contribution in [-0.2, 0) is 9.84 Å². The number of rotatable bonds is 5. The van der Waals surface area contributed by atoms with Crippen molar-refractivity contribution in [3.05, 3.63) is 31.1 Å². The largest absolute Gasteiger partial charge is 0.247 e. The summed E-state index contributed by atoms with van der Waals surface area (Å²) in [6, 6.07) is 1.59. The molecule has 0 aromatic carbocycles. The summed E-state index contributed by atoms with van der Waals surface area (Å²) in [5, 5.41) is -0.605. The first kappa shape index (κ1) is 12.8. The second-order valence-corrected chi connectivity index (χ2v) is 5.98. The molecule has 1 unspecified atom stereocenters. The van der Waals surface area contributed by atoms with Crippen molar-refractivity contribution in [3.63, 3.8) is 0 Å². The number of aromatic nitrogens is 2. The second-order valence-electron chi connectivity index (χ2n) is 3.78. The van der Waals surface area contributed by atoms with Crippen LogP contribution in [0, 0.1) is 5.92 Å². The Morgan fingerprint density at radius 3 is 2.44 bits per heavy atom. The summed E-state index contributed by atoms with van der Waals surface area (Å²) in [6.07, 6.45) is 5.26. The van der Waals surface area contributed by atoms with E-state index in [4.69, 9.17) is 0 Å². The van der Waals surface area contributed by atoms with E-state index in [0.29, 0.717) is 6.42 Å². The van der Waals surface area contributed by atoms with Crippen molar-refractivity contribution in [2.24, 2.45) is 5.92 Å². The Balaban J connectivity index is 2.99. The van der Waals surface area contributed by atoms with Crippen molar-refractivity contribution >= 4 is 9.84 Å². The Morgan fingerprint density at radius 1 is 1.38 bits per heavy atom. The summed E-state index contributed by atoms with van der Waals surface area (Å²) in [4.78, 5) is 7.58. The minimum absolute atomic E-state index is 0.00584. The fraction of sp³-hybridized carbons (Fsp3) is 0.455. The molecule has 1 aromatic rings. The van der Waals surface area contributed by atoms with E-state index in [1.165, 1.54) is 12.4 Å². The van der Waals surface area contributed by atoms with E-state index >= 15 is 0 Å². The van der Waals surface area contributed by atoms with Gasteiger partial charge in [0.1, 0.15) is 0 Å². The summed E-state index contributed by atoms with van der Waals surface area (Å²) >= 11 is 0. The molecule has 88 valence electrons. The first-order valence-electron chi connectivity index (χ1n) is 5.12. The van der Waals surface area contributed by atoms with E-state index in [-0.39, 0.29) is 11.1 Å². The van der Waals surface area contributed by atoms with Crippen molar-refractivity contribution in [2.75, 3.05) is 0 Å². The normalized spacial score (nSPS) is 15.4. The molecule has 0 radical (unpaired) electrons. The highest BCUT2D eigenvalue weighted by molar-refractivity contribution is 7.91. The maximum absolute atomic E-state index is 12.1. The van der Waals surface area contributed by atoms with Gasteiger partial charge in [-0.15, -0.1) is 6.58 Å². The summed E-state index contributed by atoms with van der Waals surface area (Å²) in [5.74, 6) is 0.00584. The molecule has 1 heterocycles. The molecule has 0 saturated heterocycles. The monoisotopic (exact) mass is 240 g/mol. The second kappa shape index (κ2) is 5.21. The Kier molecular flexibility index (Phi) is 4.18. The van der Waals surface area contributed by atoms with Crippen LogP contribution in [-0.4, -0.2) is 23.6 Å². The highest BCUT2D eigenvalue weighted by atomic mass is 32.2. The van der Waals surface area contributed by atoms with Crippen molar-refractivity contribution in [1.29, 1.82) is 0 Å². The first-order valence-corrected chi connectivity index (χ1v) is 6.66. The molecule has 0 saturated carbocycles. The number of allylic oxidation sites excluding steroid dienone is 1. The maximum Gasteiger partial charge on any atom is 0.247 e. The fourth-order valence-corrected chi connectivity index (χ4v) is 2.83. The summed E-state index contributed by atoms with van der Waals surface area (Å²) in [5.41, 5.74) is 0. The van der Waals surface area contributed by atoms with Gasteiger partial charge >= 0.3 is 0 Å². The van der Waals surface area contributed by atoms with E-state index in [9.17, 15) is 8.42 Å². The number of sulfone groups is 1. The van der Waals surface area contributed by atoms with Gasteiger partial charge in [0.25, 0.3) is 0 Å². The smallest absolute Gasteiger partial charge is 0.227 e. The standard InChI is InChI=1S/C11H16N2O2S/c1-4-6-9(2)10(3)16(14,15)11-12-7-5-8-13-11/h4-5,7-10H,1,6H2,2-3H3/t9-,10?/m0/s1. The topological polar surface area (TPSA) is 59.9 Å². The molecular formula is C11H16N2O2S. The average molecular weight is 240 g/mol. The molecule has 2 atom stereocenters. The van der Waals surface area contributed by atoms with Crippen LogP contribution in [0.1, 0.15) is 20.3 Å². The third-order valence-corrected chi connectivity index (χ3v) is 4.79. The highest BCUT2D eigenvalue weighted by Crippen LogP contribution is 2.20.